The van der Waals surface area contributed by atoms with Crippen LogP contribution in [0.25, 0.3) is 0 Å². The van der Waals surface area contributed by atoms with Crippen LogP contribution in [0.2, 0.25) is 0 Å². The molecule has 1 atom stereocenters. The van der Waals surface area contributed by atoms with E-state index in [1.165, 1.54) is 0 Å². The summed E-state index contributed by atoms with van der Waals surface area (Å²) in [6.45, 7) is 8.51. The van der Waals surface area contributed by atoms with E-state index in [2.05, 4.69) is 20.8 Å². The molecule has 0 spiro atoms. The first kappa shape index (κ1) is 13.0. The lowest BCUT2D eigenvalue weighted by Gasteiger charge is -2.17. The molecule has 0 amide bonds. The highest BCUT2D eigenvalue weighted by atomic mass is 127. The zero-order valence-corrected chi connectivity index (χ0v) is 10.8. The molecule has 78 valence electrons. The summed E-state index contributed by atoms with van der Waals surface area (Å²) in [6, 6.07) is 0. The van der Waals surface area contributed by atoms with E-state index in [1.54, 1.807) is 6.92 Å². The summed E-state index contributed by atoms with van der Waals surface area (Å²) in [7, 11) is 0. The van der Waals surface area contributed by atoms with Gasteiger partial charge in [-0.15, -0.1) is 0 Å². The Morgan fingerprint density at radius 1 is 1.46 bits per heavy atom. The van der Waals surface area contributed by atoms with Crippen molar-refractivity contribution in [1.82, 2.24) is 0 Å². The van der Waals surface area contributed by atoms with Crippen LogP contribution in [0.15, 0.2) is 0 Å². The van der Waals surface area contributed by atoms with Gasteiger partial charge in [0, 0.05) is 0 Å². The minimum absolute atomic E-state index is 0.139. The summed E-state index contributed by atoms with van der Waals surface area (Å²) in [5.74, 6) is 0. The van der Waals surface area contributed by atoms with Crippen molar-refractivity contribution in [2.45, 2.75) is 38.2 Å². The van der Waals surface area contributed by atoms with Gasteiger partial charge in [0.25, 0.3) is 0 Å². The number of rotatable bonds is 3. The van der Waals surface area contributed by atoms with Crippen LogP contribution < -0.4 is 0 Å². The van der Waals surface area contributed by atoms with E-state index in [0.29, 0.717) is 6.61 Å². The number of carbonyl (C=O) groups is 1. The summed E-state index contributed by atoms with van der Waals surface area (Å²) in [4.78, 5) is 10.9. The van der Waals surface area contributed by atoms with Crippen molar-refractivity contribution in [3.8, 4) is 0 Å². The first-order chi connectivity index (χ1) is 5.81. The maximum absolute atomic E-state index is 10.9. The fourth-order valence-electron chi connectivity index (χ4n) is 0.607. The standard InChI is InChI=1S/C9H17IO3/c1-7(10)13-8(11)12-6-5-9(2,3)4/h7H,5-6H2,1-4H3. The minimum atomic E-state index is -0.578. The predicted molar refractivity (Wildman–Crippen MR) is 60.0 cm³/mol. The Bertz CT molecular complexity index is 161. The van der Waals surface area contributed by atoms with Gasteiger partial charge in [-0.25, -0.2) is 4.79 Å². The Balaban J connectivity index is 3.49. The molecule has 0 heterocycles. The minimum Gasteiger partial charge on any atom is -0.434 e. The largest absolute Gasteiger partial charge is 0.509 e. The van der Waals surface area contributed by atoms with Crippen molar-refractivity contribution in [2.24, 2.45) is 5.41 Å². The van der Waals surface area contributed by atoms with E-state index >= 15 is 0 Å². The van der Waals surface area contributed by atoms with Gasteiger partial charge < -0.3 is 9.47 Å². The van der Waals surface area contributed by atoms with Crippen LogP contribution in [0.5, 0.6) is 0 Å². The highest BCUT2D eigenvalue weighted by Crippen LogP contribution is 2.18. The second-order valence-corrected chi connectivity index (χ2v) is 5.82. The van der Waals surface area contributed by atoms with Crippen molar-refractivity contribution in [3.63, 3.8) is 0 Å². The van der Waals surface area contributed by atoms with Gasteiger partial charge in [-0.05, 0) is 41.4 Å². The van der Waals surface area contributed by atoms with Crippen LogP contribution in [0.3, 0.4) is 0 Å². The predicted octanol–water partition coefficient (Wildman–Crippen LogP) is 3.36. The van der Waals surface area contributed by atoms with E-state index in [1.807, 2.05) is 22.6 Å². The van der Waals surface area contributed by atoms with Crippen molar-refractivity contribution in [2.75, 3.05) is 6.61 Å². The van der Waals surface area contributed by atoms with Crippen LogP contribution in [0, 0.1) is 5.41 Å². The number of ether oxygens (including phenoxy) is 2. The summed E-state index contributed by atoms with van der Waals surface area (Å²) in [5.41, 5.74) is 0.191. The Labute approximate surface area is 93.3 Å². The van der Waals surface area contributed by atoms with E-state index in [9.17, 15) is 4.79 Å². The molecule has 0 aromatic carbocycles. The zero-order chi connectivity index (χ0) is 10.5. The van der Waals surface area contributed by atoms with Gasteiger partial charge in [0.1, 0.15) is 0 Å². The number of hydrogen-bond acceptors (Lipinski definition) is 3. The number of alkyl halides is 1. The highest BCUT2D eigenvalue weighted by molar-refractivity contribution is 14.1. The molecule has 0 rings (SSSR count). The molecule has 4 heteroatoms. The SMILES string of the molecule is CC(I)OC(=O)OCCC(C)(C)C. The van der Waals surface area contributed by atoms with E-state index in [0.717, 1.165) is 6.42 Å². The molecule has 13 heavy (non-hydrogen) atoms. The number of hydrogen-bond donors (Lipinski definition) is 0. The third-order valence-electron chi connectivity index (χ3n) is 1.33. The molecule has 0 bridgehead atoms. The lowest BCUT2D eigenvalue weighted by molar-refractivity contribution is 0.0480. The Morgan fingerprint density at radius 2 is 2.00 bits per heavy atom. The first-order valence-corrected chi connectivity index (χ1v) is 5.53. The Morgan fingerprint density at radius 3 is 2.38 bits per heavy atom. The average Bonchev–Trinajstić information content (AvgIpc) is 1.81. The smallest absolute Gasteiger partial charge is 0.434 e. The first-order valence-electron chi connectivity index (χ1n) is 4.29. The second kappa shape index (κ2) is 5.67. The van der Waals surface area contributed by atoms with Crippen LogP contribution in [0.4, 0.5) is 4.79 Å². The van der Waals surface area contributed by atoms with Crippen LogP contribution >= 0.6 is 22.6 Å². The lowest BCUT2D eigenvalue weighted by Crippen LogP contribution is -2.15. The van der Waals surface area contributed by atoms with Crippen LogP contribution in [-0.4, -0.2) is 16.9 Å². The highest BCUT2D eigenvalue weighted by Gasteiger charge is 2.12. The molecule has 0 aliphatic heterocycles. The molecular weight excluding hydrogens is 283 g/mol. The maximum atomic E-state index is 10.9. The lowest BCUT2D eigenvalue weighted by atomic mass is 9.93. The fraction of sp³-hybridized carbons (Fsp3) is 0.889. The number of carbonyl (C=O) groups excluding carboxylic acids is 1. The maximum Gasteiger partial charge on any atom is 0.509 e. The van der Waals surface area contributed by atoms with Gasteiger partial charge in [-0.1, -0.05) is 20.8 Å². The fourth-order valence-corrected chi connectivity index (χ4v) is 0.815. The topological polar surface area (TPSA) is 35.5 Å². The van der Waals surface area contributed by atoms with Gasteiger partial charge >= 0.3 is 6.16 Å². The third kappa shape index (κ3) is 9.92. The van der Waals surface area contributed by atoms with Gasteiger partial charge in [-0.2, -0.15) is 0 Å². The third-order valence-corrected chi connectivity index (χ3v) is 1.58. The van der Waals surface area contributed by atoms with Crippen molar-refractivity contribution in [1.29, 1.82) is 0 Å². The molecule has 0 N–H and O–H groups in total. The molecule has 3 nitrogen and oxygen atoms in total. The second-order valence-electron chi connectivity index (χ2n) is 4.07. The molecule has 0 radical (unpaired) electrons. The van der Waals surface area contributed by atoms with E-state index in [-0.39, 0.29) is 9.53 Å². The molecule has 0 saturated carbocycles. The van der Waals surface area contributed by atoms with Gasteiger partial charge in [0.15, 0.2) is 4.11 Å². The monoisotopic (exact) mass is 300 g/mol. The average molecular weight is 300 g/mol. The molecule has 1 unspecified atom stereocenters. The van der Waals surface area contributed by atoms with Gasteiger partial charge in [0.05, 0.1) is 6.61 Å². The summed E-state index contributed by atoms with van der Waals surface area (Å²) >= 11 is 2.00. The van der Waals surface area contributed by atoms with Crippen LogP contribution in [0.1, 0.15) is 34.1 Å². The van der Waals surface area contributed by atoms with Crippen molar-refractivity contribution < 1.29 is 14.3 Å². The van der Waals surface area contributed by atoms with E-state index in [4.69, 9.17) is 9.47 Å². The van der Waals surface area contributed by atoms with Crippen molar-refractivity contribution >= 4 is 28.7 Å². The molecule has 0 aromatic heterocycles. The molecule has 0 aromatic rings. The quantitative estimate of drug-likeness (QED) is 0.455. The Hall–Kier alpha value is 0. The molecular formula is C9H17IO3. The summed E-state index contributed by atoms with van der Waals surface area (Å²) in [5, 5.41) is 0. The van der Waals surface area contributed by atoms with Crippen molar-refractivity contribution in [3.05, 3.63) is 0 Å². The number of halogens is 1. The molecule has 0 aliphatic carbocycles. The molecule has 0 saturated heterocycles. The van der Waals surface area contributed by atoms with Gasteiger partial charge in [-0.3, -0.25) is 0 Å². The normalized spacial score (nSPS) is 13.6. The van der Waals surface area contributed by atoms with E-state index < -0.39 is 6.16 Å². The van der Waals surface area contributed by atoms with Crippen LogP contribution in [-0.2, 0) is 9.47 Å². The zero-order valence-electron chi connectivity index (χ0n) is 8.59. The Kier molecular flexibility index (Phi) is 5.67. The summed E-state index contributed by atoms with van der Waals surface area (Å²) in [6.07, 6.45) is 0.267. The molecule has 0 aliphatic rings. The van der Waals surface area contributed by atoms with Gasteiger partial charge in [0.2, 0.25) is 0 Å². The summed E-state index contributed by atoms with van der Waals surface area (Å²) < 4.78 is 9.51. The molecule has 0 fully saturated rings.